The molecule has 0 fully saturated rings. The van der Waals surface area contributed by atoms with Crippen molar-refractivity contribution >= 4 is 11.9 Å². The number of hydrogen-bond donors (Lipinski definition) is 1. The van der Waals surface area contributed by atoms with Crippen LogP contribution in [0.5, 0.6) is 0 Å². The fourth-order valence-electron chi connectivity index (χ4n) is 2.86. The maximum Gasteiger partial charge on any atom is 0.341 e. The van der Waals surface area contributed by atoms with Crippen LogP contribution < -0.4 is 5.32 Å². The topological polar surface area (TPSA) is 55.4 Å². The molecule has 0 saturated carbocycles. The van der Waals surface area contributed by atoms with Gasteiger partial charge < -0.3 is 10.1 Å². The van der Waals surface area contributed by atoms with Crippen molar-refractivity contribution in [2.75, 3.05) is 0 Å². The second-order valence-corrected chi connectivity index (χ2v) is 6.62. The van der Waals surface area contributed by atoms with Crippen LogP contribution in [0.15, 0.2) is 54.6 Å². The maximum absolute atomic E-state index is 13.1. The first-order chi connectivity index (χ1) is 10.8. The summed E-state index contributed by atoms with van der Waals surface area (Å²) in [5, 5.41) is 2.86. The molecule has 0 saturated heterocycles. The van der Waals surface area contributed by atoms with Crippen LogP contribution in [-0.2, 0) is 15.1 Å². The van der Waals surface area contributed by atoms with Crippen LogP contribution in [0.3, 0.4) is 0 Å². The zero-order valence-corrected chi connectivity index (χ0v) is 13.4. The highest BCUT2D eigenvalue weighted by atomic mass is 16.6. The van der Waals surface area contributed by atoms with Gasteiger partial charge >= 0.3 is 5.97 Å². The van der Waals surface area contributed by atoms with Crippen molar-refractivity contribution in [1.29, 1.82) is 0 Å². The van der Waals surface area contributed by atoms with E-state index in [-0.39, 0.29) is 5.91 Å². The van der Waals surface area contributed by atoms with Crippen molar-refractivity contribution in [2.24, 2.45) is 0 Å². The zero-order chi connectivity index (χ0) is 16.7. The van der Waals surface area contributed by atoms with E-state index in [0.29, 0.717) is 16.7 Å². The molecule has 0 aromatic heterocycles. The largest absolute Gasteiger partial charge is 0.458 e. The Balaban J connectivity index is 2.22. The Hall–Kier alpha value is -2.62. The number of ether oxygens (including phenoxy) is 1. The molecule has 0 aliphatic carbocycles. The molecule has 23 heavy (non-hydrogen) atoms. The van der Waals surface area contributed by atoms with Gasteiger partial charge in [-0.1, -0.05) is 48.5 Å². The van der Waals surface area contributed by atoms with Crippen LogP contribution in [0.4, 0.5) is 0 Å². The molecule has 1 aliphatic heterocycles. The van der Waals surface area contributed by atoms with Crippen LogP contribution in [0.25, 0.3) is 0 Å². The molecule has 1 atom stereocenters. The summed E-state index contributed by atoms with van der Waals surface area (Å²) < 4.78 is 5.63. The molecule has 0 radical (unpaired) electrons. The molecular weight excluding hydrogens is 290 g/mol. The molecular formula is C19H19NO3. The molecule has 0 bridgehead atoms. The van der Waals surface area contributed by atoms with E-state index in [4.69, 9.17) is 4.74 Å². The van der Waals surface area contributed by atoms with Crippen molar-refractivity contribution in [3.05, 3.63) is 71.3 Å². The number of benzene rings is 2. The number of esters is 1. The Bertz CT molecular complexity index is 762. The highest BCUT2D eigenvalue weighted by Gasteiger charge is 2.52. The van der Waals surface area contributed by atoms with E-state index < -0.39 is 17.1 Å². The second-order valence-electron chi connectivity index (χ2n) is 6.62. The van der Waals surface area contributed by atoms with Gasteiger partial charge in [0.2, 0.25) is 0 Å². The van der Waals surface area contributed by atoms with Gasteiger partial charge in [-0.3, -0.25) is 4.79 Å². The van der Waals surface area contributed by atoms with Gasteiger partial charge in [-0.15, -0.1) is 0 Å². The van der Waals surface area contributed by atoms with E-state index in [1.165, 1.54) is 0 Å². The van der Waals surface area contributed by atoms with Gasteiger partial charge in [0, 0.05) is 11.1 Å². The van der Waals surface area contributed by atoms with Crippen LogP contribution in [0.2, 0.25) is 0 Å². The minimum atomic E-state index is -1.30. The van der Waals surface area contributed by atoms with Gasteiger partial charge in [0.25, 0.3) is 5.91 Å². The summed E-state index contributed by atoms with van der Waals surface area (Å²) in [6.45, 7) is 5.44. The molecule has 4 heteroatoms. The van der Waals surface area contributed by atoms with Crippen LogP contribution in [0, 0.1) is 0 Å². The second kappa shape index (κ2) is 5.23. The Morgan fingerprint density at radius 1 is 1.00 bits per heavy atom. The quantitative estimate of drug-likeness (QED) is 0.868. The third-order valence-electron chi connectivity index (χ3n) is 3.79. The Morgan fingerprint density at radius 3 is 2.26 bits per heavy atom. The number of nitrogens with one attached hydrogen (secondary N) is 1. The number of fused-ring (bicyclic) bond motifs is 1. The summed E-state index contributed by atoms with van der Waals surface area (Å²) in [4.78, 5) is 25.5. The van der Waals surface area contributed by atoms with Crippen LogP contribution >= 0.6 is 0 Å². The van der Waals surface area contributed by atoms with Crippen molar-refractivity contribution in [1.82, 2.24) is 5.32 Å². The van der Waals surface area contributed by atoms with Crippen molar-refractivity contribution < 1.29 is 14.3 Å². The molecule has 2 aromatic carbocycles. The predicted octanol–water partition coefficient (Wildman–Crippen LogP) is 3.02. The summed E-state index contributed by atoms with van der Waals surface area (Å²) >= 11 is 0. The summed E-state index contributed by atoms with van der Waals surface area (Å²) in [5.41, 5.74) is -0.135. The summed E-state index contributed by atoms with van der Waals surface area (Å²) in [5.74, 6) is -0.746. The third kappa shape index (κ3) is 2.50. The monoisotopic (exact) mass is 309 g/mol. The molecule has 4 nitrogen and oxygen atoms in total. The van der Waals surface area contributed by atoms with E-state index in [9.17, 15) is 9.59 Å². The smallest absolute Gasteiger partial charge is 0.341 e. The normalized spacial score (nSPS) is 19.9. The minimum absolute atomic E-state index is 0.268. The Kier molecular flexibility index (Phi) is 3.48. The van der Waals surface area contributed by atoms with Crippen molar-refractivity contribution in [3.8, 4) is 0 Å². The lowest BCUT2D eigenvalue weighted by Gasteiger charge is -2.32. The van der Waals surface area contributed by atoms with Crippen molar-refractivity contribution in [3.63, 3.8) is 0 Å². The minimum Gasteiger partial charge on any atom is -0.458 e. The molecule has 118 valence electrons. The fraction of sp³-hybridized carbons (Fsp3) is 0.263. The third-order valence-corrected chi connectivity index (χ3v) is 3.79. The van der Waals surface area contributed by atoms with Gasteiger partial charge in [0.05, 0.1) is 0 Å². The number of hydrogen-bond acceptors (Lipinski definition) is 3. The van der Waals surface area contributed by atoms with E-state index in [0.717, 1.165) is 0 Å². The van der Waals surface area contributed by atoms with E-state index in [1.54, 1.807) is 18.2 Å². The lowest BCUT2D eigenvalue weighted by atomic mass is 9.83. The molecule has 0 spiro atoms. The summed E-state index contributed by atoms with van der Waals surface area (Å²) in [6, 6.07) is 16.3. The van der Waals surface area contributed by atoms with Gasteiger partial charge in [-0.25, -0.2) is 4.79 Å². The molecule has 1 N–H and O–H groups in total. The van der Waals surface area contributed by atoms with Crippen LogP contribution in [-0.4, -0.2) is 17.5 Å². The highest BCUT2D eigenvalue weighted by Crippen LogP contribution is 2.39. The molecule has 3 rings (SSSR count). The van der Waals surface area contributed by atoms with E-state index in [2.05, 4.69) is 5.32 Å². The highest BCUT2D eigenvalue weighted by molar-refractivity contribution is 6.07. The standard InChI is InChI=1S/C19H19NO3/c1-18(2,3)23-17(22)19(13-9-5-4-6-10-13)15-12-8-7-11-14(15)16(21)20-19/h4-12H,1-3H3,(H,20,21). The molecule has 1 aliphatic rings. The maximum atomic E-state index is 13.1. The number of carbonyl (C=O) groups is 2. The van der Waals surface area contributed by atoms with Gasteiger partial charge in [-0.05, 0) is 32.4 Å². The molecule has 2 aromatic rings. The summed E-state index contributed by atoms with van der Waals surface area (Å²) in [6.07, 6.45) is 0. The average molecular weight is 309 g/mol. The lowest BCUT2D eigenvalue weighted by molar-refractivity contribution is -0.161. The van der Waals surface area contributed by atoms with Gasteiger partial charge in [-0.2, -0.15) is 0 Å². The van der Waals surface area contributed by atoms with Gasteiger partial charge in [0.1, 0.15) is 5.60 Å². The first kappa shape index (κ1) is 15.3. The average Bonchev–Trinajstić information content (AvgIpc) is 2.81. The fourth-order valence-corrected chi connectivity index (χ4v) is 2.86. The Morgan fingerprint density at radius 2 is 1.61 bits per heavy atom. The number of rotatable bonds is 2. The molecule has 1 amide bonds. The zero-order valence-electron chi connectivity index (χ0n) is 13.4. The number of carbonyl (C=O) groups excluding carboxylic acids is 2. The SMILES string of the molecule is CC(C)(C)OC(=O)C1(c2ccccc2)NC(=O)c2ccccc21. The van der Waals surface area contributed by atoms with Crippen LogP contribution in [0.1, 0.15) is 42.3 Å². The van der Waals surface area contributed by atoms with Gasteiger partial charge in [0.15, 0.2) is 5.54 Å². The van der Waals surface area contributed by atoms with Crippen molar-refractivity contribution in [2.45, 2.75) is 31.9 Å². The summed E-state index contributed by atoms with van der Waals surface area (Å²) in [7, 11) is 0. The first-order valence-corrected chi connectivity index (χ1v) is 7.55. The first-order valence-electron chi connectivity index (χ1n) is 7.55. The van der Waals surface area contributed by atoms with E-state index >= 15 is 0 Å². The Labute approximate surface area is 135 Å². The predicted molar refractivity (Wildman–Crippen MR) is 87.0 cm³/mol. The molecule has 1 heterocycles. The molecule has 1 unspecified atom stereocenters. The lowest BCUT2D eigenvalue weighted by Crippen LogP contribution is -2.50. The van der Waals surface area contributed by atoms with E-state index in [1.807, 2.05) is 57.2 Å². The number of amides is 1.